The Balaban J connectivity index is 2.07. The van der Waals surface area contributed by atoms with Gasteiger partial charge in [0, 0.05) is 20.6 Å². The van der Waals surface area contributed by atoms with Crippen molar-refractivity contribution in [3.05, 3.63) is 61.7 Å². The van der Waals surface area contributed by atoms with E-state index in [1.54, 1.807) is 6.07 Å². The number of carbonyl (C=O) groups is 1. The number of ketones is 1. The Morgan fingerprint density at radius 3 is 2.68 bits per heavy atom. The number of benzene rings is 2. The molecule has 0 fully saturated rings. The van der Waals surface area contributed by atoms with Crippen LogP contribution in [0.3, 0.4) is 0 Å². The molecule has 4 heteroatoms. The fourth-order valence-electron chi connectivity index (χ4n) is 2.19. The summed E-state index contributed by atoms with van der Waals surface area (Å²) < 4.78 is 6.67. The number of carbonyl (C=O) groups excluding carboxylic acids is 1. The van der Waals surface area contributed by atoms with Gasteiger partial charge in [-0.25, -0.2) is 0 Å². The molecule has 0 saturated heterocycles. The summed E-state index contributed by atoms with van der Waals surface area (Å²) in [5.74, 6) is 0.644. The molecular weight excluding hydrogens is 375 g/mol. The Morgan fingerprint density at radius 2 is 1.95 bits per heavy atom. The van der Waals surface area contributed by atoms with E-state index >= 15 is 0 Å². The third-order valence-electron chi connectivity index (χ3n) is 3.10. The zero-order chi connectivity index (χ0) is 13.4. The van der Waals surface area contributed by atoms with Gasteiger partial charge in [-0.3, -0.25) is 4.79 Å². The van der Waals surface area contributed by atoms with Crippen LogP contribution in [0.5, 0.6) is 5.75 Å². The van der Waals surface area contributed by atoms with Crippen molar-refractivity contribution in [2.45, 2.75) is 6.42 Å². The molecule has 0 aromatic heterocycles. The van der Waals surface area contributed by atoms with Crippen LogP contribution in [0.2, 0.25) is 5.02 Å². The summed E-state index contributed by atoms with van der Waals surface area (Å²) in [5, 5.41) is 0.582. The molecule has 3 rings (SSSR count). The van der Waals surface area contributed by atoms with Crippen LogP contribution in [0.1, 0.15) is 21.5 Å². The lowest BCUT2D eigenvalue weighted by Crippen LogP contribution is -2.04. The molecule has 2 aromatic rings. The van der Waals surface area contributed by atoms with E-state index in [0.29, 0.717) is 28.5 Å². The molecule has 0 amide bonds. The molecule has 0 bridgehead atoms. The van der Waals surface area contributed by atoms with Gasteiger partial charge < -0.3 is 4.74 Å². The van der Waals surface area contributed by atoms with E-state index in [-0.39, 0.29) is 5.78 Å². The van der Waals surface area contributed by atoms with Gasteiger partial charge in [0.25, 0.3) is 0 Å². The monoisotopic (exact) mass is 384 g/mol. The zero-order valence-corrected chi connectivity index (χ0v) is 12.9. The number of halogens is 2. The Hall–Kier alpha value is -1.07. The van der Waals surface area contributed by atoms with Crippen LogP contribution < -0.4 is 4.74 Å². The van der Waals surface area contributed by atoms with Gasteiger partial charge in [-0.2, -0.15) is 0 Å². The van der Waals surface area contributed by atoms with Crippen LogP contribution in [0.15, 0.2) is 36.4 Å². The Kier molecular flexibility index (Phi) is 3.50. The summed E-state index contributed by atoms with van der Waals surface area (Å²) >= 11 is 8.29. The number of fused-ring (bicyclic) bond motifs is 1. The maximum Gasteiger partial charge on any atom is 0.196 e. The molecule has 1 aliphatic heterocycles. The van der Waals surface area contributed by atoms with Crippen molar-refractivity contribution in [3.8, 4) is 5.75 Å². The van der Waals surface area contributed by atoms with Crippen LogP contribution in [0, 0.1) is 3.57 Å². The van der Waals surface area contributed by atoms with Gasteiger partial charge in [-0.1, -0.05) is 11.6 Å². The highest BCUT2D eigenvalue weighted by atomic mass is 127. The Morgan fingerprint density at radius 1 is 1.21 bits per heavy atom. The molecular formula is C15H10ClIO2. The molecule has 0 spiro atoms. The molecule has 0 N–H and O–H groups in total. The van der Waals surface area contributed by atoms with E-state index < -0.39 is 0 Å². The number of rotatable bonds is 2. The average molecular weight is 385 g/mol. The van der Waals surface area contributed by atoms with Crippen LogP contribution in [0.25, 0.3) is 0 Å². The average Bonchev–Trinajstić information content (AvgIpc) is 2.85. The van der Waals surface area contributed by atoms with Crippen LogP contribution in [-0.2, 0) is 6.42 Å². The Bertz CT molecular complexity index is 650. The predicted molar refractivity (Wildman–Crippen MR) is 83.2 cm³/mol. The van der Waals surface area contributed by atoms with E-state index in [0.717, 1.165) is 15.6 Å². The van der Waals surface area contributed by atoms with E-state index in [9.17, 15) is 4.79 Å². The second-order valence-electron chi connectivity index (χ2n) is 4.38. The van der Waals surface area contributed by atoms with Gasteiger partial charge in [0.15, 0.2) is 5.78 Å². The standard InChI is InChI=1S/C15H10ClIO2/c16-11-7-10-5-6-19-15(10)13(8-11)14(18)9-1-3-12(17)4-2-9/h1-4,7-8H,5-6H2. The van der Waals surface area contributed by atoms with E-state index in [2.05, 4.69) is 22.6 Å². The van der Waals surface area contributed by atoms with Crippen molar-refractivity contribution in [3.63, 3.8) is 0 Å². The Labute approximate surface area is 129 Å². The lowest BCUT2D eigenvalue weighted by Gasteiger charge is -2.08. The molecule has 0 saturated carbocycles. The second kappa shape index (κ2) is 5.13. The third-order valence-corrected chi connectivity index (χ3v) is 4.04. The quantitative estimate of drug-likeness (QED) is 0.575. The summed E-state index contributed by atoms with van der Waals surface area (Å²) in [5.41, 5.74) is 2.22. The largest absolute Gasteiger partial charge is 0.492 e. The zero-order valence-electron chi connectivity index (χ0n) is 9.95. The van der Waals surface area contributed by atoms with Gasteiger partial charge in [-0.05, 0) is 64.6 Å². The maximum atomic E-state index is 12.5. The van der Waals surface area contributed by atoms with Crippen LogP contribution in [0.4, 0.5) is 0 Å². The predicted octanol–water partition coefficient (Wildman–Crippen LogP) is 4.11. The lowest BCUT2D eigenvalue weighted by atomic mass is 10.00. The van der Waals surface area contributed by atoms with Crippen LogP contribution >= 0.6 is 34.2 Å². The highest BCUT2D eigenvalue weighted by molar-refractivity contribution is 14.1. The van der Waals surface area contributed by atoms with Crippen molar-refractivity contribution in [2.24, 2.45) is 0 Å². The highest BCUT2D eigenvalue weighted by Crippen LogP contribution is 2.34. The van der Waals surface area contributed by atoms with Crippen molar-refractivity contribution in [2.75, 3.05) is 6.61 Å². The molecule has 19 heavy (non-hydrogen) atoms. The molecule has 0 unspecified atom stereocenters. The summed E-state index contributed by atoms with van der Waals surface area (Å²) in [6.45, 7) is 0.614. The minimum Gasteiger partial charge on any atom is -0.492 e. The number of hydrogen-bond donors (Lipinski definition) is 0. The normalized spacial score (nSPS) is 12.9. The first-order chi connectivity index (χ1) is 9.15. The van der Waals surface area contributed by atoms with Crippen molar-refractivity contribution in [1.82, 2.24) is 0 Å². The first kappa shape index (κ1) is 12.9. The summed E-state index contributed by atoms with van der Waals surface area (Å²) in [6, 6.07) is 11.0. The first-order valence-corrected chi connectivity index (χ1v) is 7.36. The minimum atomic E-state index is -0.0444. The molecule has 2 aromatic carbocycles. The van der Waals surface area contributed by atoms with E-state index in [1.807, 2.05) is 30.3 Å². The number of ether oxygens (including phenoxy) is 1. The van der Waals surface area contributed by atoms with Gasteiger partial charge in [0.05, 0.1) is 12.2 Å². The molecule has 96 valence electrons. The first-order valence-electron chi connectivity index (χ1n) is 5.90. The van der Waals surface area contributed by atoms with Gasteiger partial charge in [0.1, 0.15) is 5.75 Å². The van der Waals surface area contributed by atoms with E-state index in [4.69, 9.17) is 16.3 Å². The molecule has 2 nitrogen and oxygen atoms in total. The summed E-state index contributed by atoms with van der Waals surface area (Å²) in [7, 11) is 0. The molecule has 1 aliphatic rings. The minimum absolute atomic E-state index is 0.0444. The van der Waals surface area contributed by atoms with Crippen LogP contribution in [-0.4, -0.2) is 12.4 Å². The fourth-order valence-corrected chi connectivity index (χ4v) is 2.80. The molecule has 0 atom stereocenters. The van der Waals surface area contributed by atoms with Gasteiger partial charge in [0.2, 0.25) is 0 Å². The van der Waals surface area contributed by atoms with Crippen molar-refractivity contribution >= 4 is 40.0 Å². The van der Waals surface area contributed by atoms with Crippen molar-refractivity contribution in [1.29, 1.82) is 0 Å². The molecule has 1 heterocycles. The van der Waals surface area contributed by atoms with Gasteiger partial charge >= 0.3 is 0 Å². The highest BCUT2D eigenvalue weighted by Gasteiger charge is 2.22. The smallest absolute Gasteiger partial charge is 0.196 e. The topological polar surface area (TPSA) is 26.3 Å². The van der Waals surface area contributed by atoms with Crippen molar-refractivity contribution < 1.29 is 9.53 Å². The summed E-state index contributed by atoms with van der Waals surface area (Å²) in [6.07, 6.45) is 0.808. The van der Waals surface area contributed by atoms with Gasteiger partial charge in [-0.15, -0.1) is 0 Å². The number of hydrogen-bond acceptors (Lipinski definition) is 2. The fraction of sp³-hybridized carbons (Fsp3) is 0.133. The molecule has 0 radical (unpaired) electrons. The lowest BCUT2D eigenvalue weighted by molar-refractivity contribution is 0.103. The summed E-state index contributed by atoms with van der Waals surface area (Å²) in [4.78, 5) is 12.5. The SMILES string of the molecule is O=C(c1ccc(I)cc1)c1cc(Cl)cc2c1OCC2. The maximum absolute atomic E-state index is 12.5. The second-order valence-corrected chi connectivity index (χ2v) is 6.06. The molecule has 0 aliphatic carbocycles. The van der Waals surface area contributed by atoms with E-state index in [1.165, 1.54) is 0 Å². The third kappa shape index (κ3) is 2.49.